The van der Waals surface area contributed by atoms with Gasteiger partial charge in [0, 0.05) is 0 Å². The predicted octanol–water partition coefficient (Wildman–Crippen LogP) is 0.105. The minimum atomic E-state index is -4.08. The molecule has 0 aromatic heterocycles. The van der Waals surface area contributed by atoms with E-state index in [4.69, 9.17) is 4.55 Å². The van der Waals surface area contributed by atoms with E-state index in [0.717, 1.165) is 0 Å². The van der Waals surface area contributed by atoms with E-state index in [-0.39, 0.29) is 4.90 Å². The maximum absolute atomic E-state index is 10.6. The zero-order valence-electron chi connectivity index (χ0n) is 5.36. The van der Waals surface area contributed by atoms with Crippen LogP contribution in [0.4, 0.5) is 0 Å². The summed E-state index contributed by atoms with van der Waals surface area (Å²) < 4.78 is 30.1. The fourth-order valence-electron chi connectivity index (χ4n) is 0.654. The van der Waals surface area contributed by atoms with Gasteiger partial charge in [-0.15, -0.1) is 0 Å². The first kappa shape index (κ1) is 8.74. The molecular weight excluding hydrogens is 207 g/mol. The molecule has 0 fully saturated rings. The number of hydrogen-bond donors (Lipinski definition) is 1. The number of rotatable bonds is 1. The Kier molecular flexibility index (Phi) is 2.34. The van der Waals surface area contributed by atoms with Crippen molar-refractivity contribution in [2.24, 2.45) is 0 Å². The average Bonchev–Trinajstić information content (AvgIpc) is 1.86. The minimum absolute atomic E-state index is 0.111. The molecule has 1 aromatic rings. The summed E-state index contributed by atoms with van der Waals surface area (Å²) >= 11 is 2.99. The second-order valence-corrected chi connectivity index (χ2v) is 3.93. The Hall–Kier alpha value is -0.351. The van der Waals surface area contributed by atoms with Crippen LogP contribution in [0.1, 0.15) is 0 Å². The Morgan fingerprint density at radius 2 is 1.82 bits per heavy atom. The molecule has 0 unspecified atom stereocenters. The molecule has 60 valence electrons. The summed E-state index contributed by atoms with van der Waals surface area (Å²) in [4.78, 5) is -0.111. The van der Waals surface area contributed by atoms with E-state index >= 15 is 0 Å². The molecule has 0 amide bonds. The van der Waals surface area contributed by atoms with Gasteiger partial charge in [0.1, 0.15) is 0 Å². The van der Waals surface area contributed by atoms with Gasteiger partial charge >= 0.3 is 72.7 Å². The molecule has 5 heteroatoms. The number of benzene rings is 1. The van der Waals surface area contributed by atoms with Crippen molar-refractivity contribution in [2.45, 2.75) is 4.90 Å². The van der Waals surface area contributed by atoms with Gasteiger partial charge in [-0.2, -0.15) is 0 Å². The molecule has 0 spiro atoms. The van der Waals surface area contributed by atoms with Gasteiger partial charge in [-0.25, -0.2) is 0 Å². The Labute approximate surface area is 73.0 Å². The summed E-state index contributed by atoms with van der Waals surface area (Å²) in [5.74, 6) is 0. The van der Waals surface area contributed by atoms with E-state index in [9.17, 15) is 8.42 Å². The third-order valence-electron chi connectivity index (χ3n) is 1.11. The van der Waals surface area contributed by atoms with Crippen LogP contribution in [-0.4, -0.2) is 13.0 Å². The average molecular weight is 212 g/mol. The Balaban J connectivity index is 3.37. The van der Waals surface area contributed by atoms with Crippen molar-refractivity contribution in [3.8, 4) is 0 Å². The van der Waals surface area contributed by atoms with E-state index in [1.54, 1.807) is 12.1 Å². The molecule has 0 atom stereocenters. The van der Waals surface area contributed by atoms with Crippen molar-refractivity contribution < 1.29 is 29.0 Å². The normalized spacial score (nSPS) is 11.5. The molecule has 0 saturated carbocycles. The molecule has 1 aromatic carbocycles. The quantitative estimate of drug-likeness (QED) is 0.530. The molecule has 1 N–H and O–H groups in total. The van der Waals surface area contributed by atoms with E-state index in [2.05, 4.69) is 16.0 Å². The van der Waals surface area contributed by atoms with Crippen molar-refractivity contribution in [2.75, 3.05) is 0 Å². The third-order valence-corrected chi connectivity index (χ3v) is 2.73. The van der Waals surface area contributed by atoms with Crippen LogP contribution < -0.4 is 4.46 Å². The zero-order valence-corrected chi connectivity index (χ0v) is 7.36. The number of hydrogen-bond acceptors (Lipinski definition) is 2. The summed E-state index contributed by atoms with van der Waals surface area (Å²) in [5, 5.41) is 0. The zero-order chi connectivity index (χ0) is 8.48. The van der Waals surface area contributed by atoms with Crippen molar-refractivity contribution >= 4 is 14.6 Å². The Bertz CT molecular complexity index is 358. The topological polar surface area (TPSA) is 54.4 Å². The Morgan fingerprint density at radius 3 is 2.18 bits per heavy atom. The van der Waals surface area contributed by atoms with Crippen molar-refractivity contribution in [3.05, 3.63) is 24.3 Å². The molecule has 1 rings (SSSR count). The van der Waals surface area contributed by atoms with E-state index < -0.39 is 10.1 Å². The van der Waals surface area contributed by atoms with E-state index in [1.807, 2.05) is 0 Å². The first-order chi connectivity index (χ1) is 5.02. The van der Waals surface area contributed by atoms with Gasteiger partial charge in [0.15, 0.2) is 0 Å². The monoisotopic (exact) mass is 212 g/mol. The molecule has 0 saturated heterocycles. The fourth-order valence-corrected chi connectivity index (χ4v) is 1.89. The van der Waals surface area contributed by atoms with Crippen LogP contribution in [-0.2, 0) is 26.1 Å². The van der Waals surface area contributed by atoms with Crippen LogP contribution >= 0.6 is 0 Å². The van der Waals surface area contributed by atoms with Crippen LogP contribution in [0.25, 0.3) is 0 Å². The second-order valence-electron chi connectivity index (χ2n) is 1.91. The van der Waals surface area contributed by atoms with Crippen LogP contribution in [0.15, 0.2) is 29.2 Å². The summed E-state index contributed by atoms with van der Waals surface area (Å²) in [6.45, 7) is 0. The van der Waals surface area contributed by atoms with Gasteiger partial charge in [0.05, 0.1) is 0 Å². The van der Waals surface area contributed by atoms with Crippen molar-refractivity contribution in [1.29, 1.82) is 0 Å². The fraction of sp³-hybridized carbons (Fsp3) is 0. The molecule has 0 radical (unpaired) electrons. The van der Waals surface area contributed by atoms with Gasteiger partial charge in [-0.3, -0.25) is 0 Å². The summed E-state index contributed by atoms with van der Waals surface area (Å²) in [6.07, 6.45) is 0. The molecule has 11 heavy (non-hydrogen) atoms. The van der Waals surface area contributed by atoms with Crippen LogP contribution in [0, 0.1) is 0 Å². The summed E-state index contributed by atoms with van der Waals surface area (Å²) in [7, 11) is -4.08. The van der Waals surface area contributed by atoms with Crippen molar-refractivity contribution in [1.82, 2.24) is 0 Å². The van der Waals surface area contributed by atoms with Gasteiger partial charge in [-0.05, 0) is 0 Å². The van der Waals surface area contributed by atoms with Gasteiger partial charge in [0.25, 0.3) is 0 Å². The van der Waals surface area contributed by atoms with E-state index in [1.165, 1.54) is 12.1 Å². The van der Waals surface area contributed by atoms with Gasteiger partial charge in [0.2, 0.25) is 0 Å². The summed E-state index contributed by atoms with van der Waals surface area (Å²) in [6, 6.07) is 6.06. The van der Waals surface area contributed by atoms with Crippen LogP contribution in [0.2, 0.25) is 0 Å². The Morgan fingerprint density at radius 1 is 1.27 bits per heavy atom. The molecule has 3 nitrogen and oxygen atoms in total. The second kappa shape index (κ2) is 2.95. The first-order valence-corrected chi connectivity index (χ1v) is 4.77. The third kappa shape index (κ3) is 2.04. The molecular formula is C6H5MnO3S. The van der Waals surface area contributed by atoms with E-state index in [0.29, 0.717) is 4.46 Å². The predicted molar refractivity (Wildman–Crippen MR) is 35.9 cm³/mol. The van der Waals surface area contributed by atoms with Crippen LogP contribution in [0.5, 0.6) is 0 Å². The van der Waals surface area contributed by atoms with Crippen molar-refractivity contribution in [3.63, 3.8) is 0 Å². The molecule has 0 aliphatic heterocycles. The molecule has 0 bridgehead atoms. The van der Waals surface area contributed by atoms with Gasteiger partial charge in [-0.1, -0.05) is 0 Å². The first-order valence-electron chi connectivity index (χ1n) is 2.74. The molecule has 0 heterocycles. The standard InChI is InChI=1S/C6H5O3S.Mn/c7-10(8,9)6-4-2-1-3-5-6;/h1-4H,(H,7,8,9);. The molecule has 0 aliphatic rings. The summed E-state index contributed by atoms with van der Waals surface area (Å²) in [5.41, 5.74) is 0. The molecule has 0 aliphatic carbocycles. The van der Waals surface area contributed by atoms with Gasteiger partial charge < -0.3 is 0 Å². The SMILES string of the molecule is O=S(=O)(O)c1cccc[c]1[Mn]. The maximum atomic E-state index is 10.6. The van der Waals surface area contributed by atoms with Crippen LogP contribution in [0.3, 0.4) is 0 Å².